The molecular weight excluding hydrogens is 159 g/mol. The van der Waals surface area contributed by atoms with Crippen LogP contribution in [0.3, 0.4) is 0 Å². The number of aryl methyl sites for hydroxylation is 1. The Hall–Kier alpha value is -1.58. The quantitative estimate of drug-likeness (QED) is 0.649. The number of hydrogen-bond acceptors (Lipinski definition) is 3. The molecule has 0 aliphatic carbocycles. The fourth-order valence-electron chi connectivity index (χ4n) is 1.14. The molecule has 0 saturated carbocycles. The van der Waals surface area contributed by atoms with Crippen molar-refractivity contribution in [1.82, 2.24) is 4.98 Å². The zero-order chi connectivity index (χ0) is 8.72. The molecule has 12 heavy (non-hydrogen) atoms. The summed E-state index contributed by atoms with van der Waals surface area (Å²) in [6.45, 7) is 1.79. The molecule has 0 fully saturated rings. The second kappa shape index (κ2) is 2.20. The predicted octanol–water partition coefficient (Wildman–Crippen LogP) is 1.86. The second-order valence-electron chi connectivity index (χ2n) is 2.65. The van der Waals surface area contributed by atoms with E-state index in [9.17, 15) is 4.39 Å². The molecule has 2 rings (SSSR count). The molecular formula is C8H7FN2O. The van der Waals surface area contributed by atoms with Gasteiger partial charge in [-0.15, -0.1) is 0 Å². The molecule has 0 bridgehead atoms. The van der Waals surface area contributed by atoms with Gasteiger partial charge in [-0.3, -0.25) is 0 Å². The molecule has 0 saturated heterocycles. The van der Waals surface area contributed by atoms with Crippen LogP contribution in [0.25, 0.3) is 11.1 Å². The van der Waals surface area contributed by atoms with Gasteiger partial charge >= 0.3 is 0 Å². The standard InChI is InChI=1S/C8H7FN2O/c1-4-2-5(9)7-6(3-4)11-8(10)12-7/h2-3H,1H3,(H2,10,11). The molecule has 4 heteroatoms. The van der Waals surface area contributed by atoms with E-state index in [0.29, 0.717) is 5.52 Å². The van der Waals surface area contributed by atoms with Crippen molar-refractivity contribution in [1.29, 1.82) is 0 Å². The highest BCUT2D eigenvalue weighted by atomic mass is 19.1. The fourth-order valence-corrected chi connectivity index (χ4v) is 1.14. The molecule has 3 nitrogen and oxygen atoms in total. The highest BCUT2D eigenvalue weighted by Gasteiger charge is 2.08. The van der Waals surface area contributed by atoms with Gasteiger partial charge in [-0.2, -0.15) is 4.98 Å². The molecule has 0 radical (unpaired) electrons. The zero-order valence-corrected chi connectivity index (χ0v) is 6.47. The van der Waals surface area contributed by atoms with E-state index in [-0.39, 0.29) is 11.6 Å². The van der Waals surface area contributed by atoms with Gasteiger partial charge in [0, 0.05) is 0 Å². The van der Waals surface area contributed by atoms with Gasteiger partial charge in [0.05, 0.1) is 0 Å². The maximum atomic E-state index is 13.1. The van der Waals surface area contributed by atoms with E-state index < -0.39 is 5.82 Å². The second-order valence-corrected chi connectivity index (χ2v) is 2.65. The molecule has 2 aromatic rings. The smallest absolute Gasteiger partial charge is 0.293 e. The van der Waals surface area contributed by atoms with Crippen molar-refractivity contribution in [2.45, 2.75) is 6.92 Å². The van der Waals surface area contributed by atoms with E-state index in [2.05, 4.69) is 4.98 Å². The predicted molar refractivity (Wildman–Crippen MR) is 43.1 cm³/mol. The molecule has 1 aromatic carbocycles. The first-order valence-electron chi connectivity index (χ1n) is 3.49. The number of fused-ring (bicyclic) bond motifs is 1. The Bertz CT molecular complexity index is 436. The van der Waals surface area contributed by atoms with E-state index in [1.807, 2.05) is 0 Å². The number of aromatic nitrogens is 1. The molecule has 0 aliphatic rings. The Labute approximate surface area is 68.0 Å². The molecule has 0 spiro atoms. The lowest BCUT2D eigenvalue weighted by Gasteiger charge is -1.91. The van der Waals surface area contributed by atoms with Gasteiger partial charge in [-0.25, -0.2) is 4.39 Å². The SMILES string of the molecule is Cc1cc(F)c2oc(N)nc2c1. The van der Waals surface area contributed by atoms with Crippen LogP contribution in [-0.4, -0.2) is 4.98 Å². The lowest BCUT2D eigenvalue weighted by atomic mass is 10.2. The van der Waals surface area contributed by atoms with Crippen LogP contribution in [-0.2, 0) is 0 Å². The summed E-state index contributed by atoms with van der Waals surface area (Å²) in [5.41, 5.74) is 6.65. The summed E-state index contributed by atoms with van der Waals surface area (Å²) in [4.78, 5) is 3.81. The average Bonchev–Trinajstić information content (AvgIpc) is 2.29. The largest absolute Gasteiger partial charge is 0.421 e. The molecule has 0 amide bonds. The lowest BCUT2D eigenvalue weighted by molar-refractivity contribution is 0.567. The van der Waals surface area contributed by atoms with Crippen molar-refractivity contribution in [3.63, 3.8) is 0 Å². The molecule has 2 N–H and O–H groups in total. The van der Waals surface area contributed by atoms with Crippen molar-refractivity contribution < 1.29 is 8.81 Å². The summed E-state index contributed by atoms with van der Waals surface area (Å²) in [6.07, 6.45) is 0. The minimum absolute atomic E-state index is 0.00509. The highest BCUT2D eigenvalue weighted by molar-refractivity contribution is 5.75. The van der Waals surface area contributed by atoms with Crippen LogP contribution in [0.4, 0.5) is 10.4 Å². The normalized spacial score (nSPS) is 10.8. The third-order valence-corrected chi connectivity index (χ3v) is 1.61. The first kappa shape index (κ1) is 7.09. The number of oxazole rings is 1. The van der Waals surface area contributed by atoms with Gasteiger partial charge in [0.15, 0.2) is 11.4 Å². The topological polar surface area (TPSA) is 52.0 Å². The number of hydrogen-bond donors (Lipinski definition) is 1. The third kappa shape index (κ3) is 0.922. The summed E-state index contributed by atoms with van der Waals surface area (Å²) in [6, 6.07) is 3.10. The van der Waals surface area contributed by atoms with Crippen LogP contribution in [0.5, 0.6) is 0 Å². The van der Waals surface area contributed by atoms with Crippen LogP contribution in [0.15, 0.2) is 16.5 Å². The Balaban J connectivity index is 2.88. The summed E-state index contributed by atoms with van der Waals surface area (Å²) in [7, 11) is 0. The van der Waals surface area contributed by atoms with Gasteiger partial charge in [-0.1, -0.05) is 0 Å². The molecule has 0 unspecified atom stereocenters. The van der Waals surface area contributed by atoms with Crippen molar-refractivity contribution in [2.75, 3.05) is 5.73 Å². The van der Waals surface area contributed by atoms with Gasteiger partial charge in [0.1, 0.15) is 5.52 Å². The van der Waals surface area contributed by atoms with Crippen LogP contribution >= 0.6 is 0 Å². The van der Waals surface area contributed by atoms with Gasteiger partial charge in [0.2, 0.25) is 0 Å². The first-order chi connectivity index (χ1) is 5.66. The number of nitrogens with zero attached hydrogens (tertiary/aromatic N) is 1. The lowest BCUT2D eigenvalue weighted by Crippen LogP contribution is -1.80. The van der Waals surface area contributed by atoms with E-state index in [4.69, 9.17) is 10.2 Å². The van der Waals surface area contributed by atoms with Crippen molar-refractivity contribution in [3.8, 4) is 0 Å². The van der Waals surface area contributed by atoms with Crippen LogP contribution < -0.4 is 5.73 Å². The number of nitrogens with two attached hydrogens (primary N) is 1. The van der Waals surface area contributed by atoms with E-state index in [0.717, 1.165) is 5.56 Å². The maximum Gasteiger partial charge on any atom is 0.293 e. The van der Waals surface area contributed by atoms with Crippen LogP contribution in [0.2, 0.25) is 0 Å². The Morgan fingerprint density at radius 1 is 1.50 bits per heavy atom. The first-order valence-corrected chi connectivity index (χ1v) is 3.49. The summed E-state index contributed by atoms with van der Waals surface area (Å²) < 4.78 is 17.9. The number of benzene rings is 1. The molecule has 62 valence electrons. The highest BCUT2D eigenvalue weighted by Crippen LogP contribution is 2.21. The van der Waals surface area contributed by atoms with Crippen molar-refractivity contribution in [2.24, 2.45) is 0 Å². The summed E-state index contributed by atoms with van der Waals surface area (Å²) in [5.74, 6) is -0.422. The van der Waals surface area contributed by atoms with Crippen molar-refractivity contribution >= 4 is 17.1 Å². The minimum atomic E-state index is -0.422. The van der Waals surface area contributed by atoms with E-state index in [1.165, 1.54) is 6.07 Å². The van der Waals surface area contributed by atoms with Crippen LogP contribution in [0.1, 0.15) is 5.56 Å². The zero-order valence-electron chi connectivity index (χ0n) is 6.47. The average molecular weight is 166 g/mol. The Kier molecular flexibility index (Phi) is 1.30. The molecule has 1 aromatic heterocycles. The monoisotopic (exact) mass is 166 g/mol. The Morgan fingerprint density at radius 2 is 2.25 bits per heavy atom. The van der Waals surface area contributed by atoms with Crippen molar-refractivity contribution in [3.05, 3.63) is 23.5 Å². The number of halogens is 1. The minimum Gasteiger partial charge on any atom is -0.421 e. The Morgan fingerprint density at radius 3 is 3.00 bits per heavy atom. The fraction of sp³-hybridized carbons (Fsp3) is 0.125. The van der Waals surface area contributed by atoms with E-state index in [1.54, 1.807) is 13.0 Å². The van der Waals surface area contributed by atoms with Crippen LogP contribution in [0, 0.1) is 12.7 Å². The van der Waals surface area contributed by atoms with Gasteiger partial charge < -0.3 is 10.2 Å². The third-order valence-electron chi connectivity index (χ3n) is 1.61. The molecule has 1 heterocycles. The van der Waals surface area contributed by atoms with Gasteiger partial charge in [0.25, 0.3) is 6.01 Å². The van der Waals surface area contributed by atoms with E-state index >= 15 is 0 Å². The molecule has 0 atom stereocenters. The summed E-state index contributed by atoms with van der Waals surface area (Å²) in [5, 5.41) is 0. The summed E-state index contributed by atoms with van der Waals surface area (Å²) >= 11 is 0. The molecule has 0 aliphatic heterocycles. The van der Waals surface area contributed by atoms with Gasteiger partial charge in [-0.05, 0) is 24.6 Å². The maximum absolute atomic E-state index is 13.1. The number of anilines is 1. The number of nitrogen functional groups attached to an aromatic ring is 1. The number of rotatable bonds is 0.